The summed E-state index contributed by atoms with van der Waals surface area (Å²) in [4.78, 5) is 11.9. The van der Waals surface area contributed by atoms with Crippen molar-refractivity contribution in [2.45, 2.75) is 32.6 Å². The van der Waals surface area contributed by atoms with Crippen LogP contribution in [0, 0.1) is 3.57 Å². The van der Waals surface area contributed by atoms with Crippen LogP contribution in [-0.2, 0) is 0 Å². The highest BCUT2D eigenvalue weighted by atomic mass is 127. The second kappa shape index (κ2) is 7.93. The van der Waals surface area contributed by atoms with E-state index in [1.807, 2.05) is 6.07 Å². The molecular weight excluding hydrogens is 349 g/mol. The molecule has 0 radical (unpaired) electrons. The smallest absolute Gasteiger partial charge is 0.252 e. The van der Waals surface area contributed by atoms with Crippen molar-refractivity contribution in [3.63, 3.8) is 0 Å². The van der Waals surface area contributed by atoms with Gasteiger partial charge in [0.25, 0.3) is 5.91 Å². The first-order valence-electron chi connectivity index (χ1n) is 5.88. The number of benzene rings is 1. The van der Waals surface area contributed by atoms with Crippen LogP contribution in [0.15, 0.2) is 18.2 Å². The summed E-state index contributed by atoms with van der Waals surface area (Å²) >= 11 is 8.03. The van der Waals surface area contributed by atoms with Crippen LogP contribution < -0.4 is 5.32 Å². The van der Waals surface area contributed by atoms with Crippen LogP contribution in [0.4, 0.5) is 0 Å². The van der Waals surface area contributed by atoms with Gasteiger partial charge >= 0.3 is 0 Å². The Kier molecular flexibility index (Phi) is 6.89. The Balaban J connectivity index is 2.44. The maximum Gasteiger partial charge on any atom is 0.252 e. The van der Waals surface area contributed by atoms with E-state index in [0.717, 1.165) is 16.5 Å². The predicted octanol–water partition coefficient (Wildman–Crippen LogP) is 4.25. The van der Waals surface area contributed by atoms with Crippen LogP contribution >= 0.6 is 34.2 Å². The lowest BCUT2D eigenvalue weighted by Crippen LogP contribution is -2.25. The number of carbonyl (C=O) groups excluding carboxylic acids is 1. The van der Waals surface area contributed by atoms with E-state index in [1.165, 1.54) is 19.3 Å². The minimum Gasteiger partial charge on any atom is -0.352 e. The first-order valence-corrected chi connectivity index (χ1v) is 7.34. The molecule has 4 heteroatoms. The van der Waals surface area contributed by atoms with E-state index in [1.54, 1.807) is 12.1 Å². The molecule has 1 aromatic rings. The summed E-state index contributed by atoms with van der Waals surface area (Å²) in [5.41, 5.74) is 0.661. The first kappa shape index (κ1) is 14.8. The van der Waals surface area contributed by atoms with Crippen molar-refractivity contribution in [2.24, 2.45) is 0 Å². The summed E-state index contributed by atoms with van der Waals surface area (Å²) in [6.45, 7) is 2.91. The normalized spacial score (nSPS) is 10.3. The highest BCUT2D eigenvalue weighted by Gasteiger charge is 2.09. The van der Waals surface area contributed by atoms with Gasteiger partial charge in [0, 0.05) is 15.1 Å². The van der Waals surface area contributed by atoms with E-state index in [2.05, 4.69) is 34.8 Å². The molecule has 1 N–H and O–H groups in total. The van der Waals surface area contributed by atoms with Gasteiger partial charge in [0.2, 0.25) is 0 Å². The van der Waals surface area contributed by atoms with Crippen LogP contribution in [0.2, 0.25) is 5.02 Å². The molecule has 0 aliphatic heterocycles. The van der Waals surface area contributed by atoms with Crippen molar-refractivity contribution in [1.29, 1.82) is 0 Å². The maximum absolute atomic E-state index is 11.9. The zero-order valence-corrected chi connectivity index (χ0v) is 12.8. The zero-order valence-electron chi connectivity index (χ0n) is 9.93. The molecule has 0 aliphatic rings. The first-order chi connectivity index (χ1) is 8.15. The number of carbonyl (C=O) groups is 1. The molecule has 2 nitrogen and oxygen atoms in total. The predicted molar refractivity (Wildman–Crippen MR) is 80.6 cm³/mol. The highest BCUT2D eigenvalue weighted by molar-refractivity contribution is 14.1. The SMILES string of the molecule is CCCCCCNC(=O)c1cc(Cl)ccc1I. The van der Waals surface area contributed by atoms with E-state index in [0.29, 0.717) is 10.6 Å². The summed E-state index contributed by atoms with van der Waals surface area (Å²) in [6, 6.07) is 5.36. The fourth-order valence-electron chi connectivity index (χ4n) is 1.52. The number of hydrogen-bond donors (Lipinski definition) is 1. The lowest BCUT2D eigenvalue weighted by Gasteiger charge is -2.07. The molecule has 0 bridgehead atoms. The fraction of sp³-hybridized carbons (Fsp3) is 0.462. The van der Waals surface area contributed by atoms with E-state index < -0.39 is 0 Å². The van der Waals surface area contributed by atoms with Crippen LogP contribution in [0.5, 0.6) is 0 Å². The van der Waals surface area contributed by atoms with Gasteiger partial charge in [0.05, 0.1) is 5.56 Å². The minimum absolute atomic E-state index is 0.0339. The molecule has 0 aliphatic carbocycles. The molecule has 0 spiro atoms. The molecular formula is C13H17ClINO. The van der Waals surface area contributed by atoms with Crippen molar-refractivity contribution in [3.05, 3.63) is 32.4 Å². The molecule has 0 aromatic heterocycles. The topological polar surface area (TPSA) is 29.1 Å². The van der Waals surface area contributed by atoms with E-state index >= 15 is 0 Å². The lowest BCUT2D eigenvalue weighted by molar-refractivity contribution is 0.0952. The number of halogens is 2. The summed E-state index contributed by atoms with van der Waals surface area (Å²) < 4.78 is 0.929. The Hall–Kier alpha value is -0.290. The number of rotatable bonds is 6. The molecule has 0 fully saturated rings. The third kappa shape index (κ3) is 5.25. The Bertz CT molecular complexity index is 382. The van der Waals surface area contributed by atoms with Gasteiger partial charge in [-0.3, -0.25) is 4.79 Å². The van der Waals surface area contributed by atoms with Crippen molar-refractivity contribution in [2.75, 3.05) is 6.54 Å². The Labute approximate surface area is 121 Å². The van der Waals surface area contributed by atoms with Crippen molar-refractivity contribution >= 4 is 40.1 Å². The average Bonchev–Trinajstić information content (AvgIpc) is 2.32. The molecule has 94 valence electrons. The molecule has 1 amide bonds. The van der Waals surface area contributed by atoms with Gasteiger partial charge < -0.3 is 5.32 Å². The highest BCUT2D eigenvalue weighted by Crippen LogP contribution is 2.17. The number of hydrogen-bond acceptors (Lipinski definition) is 1. The lowest BCUT2D eigenvalue weighted by atomic mass is 10.2. The fourth-order valence-corrected chi connectivity index (χ4v) is 2.27. The van der Waals surface area contributed by atoms with Gasteiger partial charge in [-0.2, -0.15) is 0 Å². The summed E-state index contributed by atoms with van der Waals surface area (Å²) in [6.07, 6.45) is 4.64. The zero-order chi connectivity index (χ0) is 12.7. The maximum atomic E-state index is 11.9. The molecule has 1 rings (SSSR count). The summed E-state index contributed by atoms with van der Waals surface area (Å²) in [5.74, 6) is -0.0339. The average molecular weight is 366 g/mol. The van der Waals surface area contributed by atoms with Gasteiger partial charge in [-0.1, -0.05) is 37.8 Å². The monoisotopic (exact) mass is 365 g/mol. The van der Waals surface area contributed by atoms with E-state index in [4.69, 9.17) is 11.6 Å². The number of nitrogens with one attached hydrogen (secondary N) is 1. The second-order valence-electron chi connectivity index (χ2n) is 3.94. The summed E-state index contributed by atoms with van der Waals surface area (Å²) in [7, 11) is 0. The van der Waals surface area contributed by atoms with Crippen LogP contribution in [0.25, 0.3) is 0 Å². The van der Waals surface area contributed by atoms with Gasteiger partial charge in [0.15, 0.2) is 0 Å². The van der Waals surface area contributed by atoms with Gasteiger partial charge in [-0.25, -0.2) is 0 Å². The molecule has 17 heavy (non-hydrogen) atoms. The molecule has 0 saturated carbocycles. The van der Waals surface area contributed by atoms with Crippen molar-refractivity contribution in [3.8, 4) is 0 Å². The van der Waals surface area contributed by atoms with Crippen LogP contribution in [0.1, 0.15) is 43.0 Å². The largest absolute Gasteiger partial charge is 0.352 e. The molecule has 0 unspecified atom stereocenters. The quantitative estimate of drug-likeness (QED) is 0.592. The second-order valence-corrected chi connectivity index (χ2v) is 5.54. The van der Waals surface area contributed by atoms with Gasteiger partial charge in [-0.15, -0.1) is 0 Å². The Morgan fingerprint density at radius 2 is 2.12 bits per heavy atom. The third-order valence-electron chi connectivity index (χ3n) is 2.49. The molecule has 0 heterocycles. The van der Waals surface area contributed by atoms with E-state index in [-0.39, 0.29) is 5.91 Å². The van der Waals surface area contributed by atoms with E-state index in [9.17, 15) is 4.79 Å². The van der Waals surface area contributed by atoms with Gasteiger partial charge in [0.1, 0.15) is 0 Å². The Morgan fingerprint density at radius 1 is 1.35 bits per heavy atom. The minimum atomic E-state index is -0.0339. The number of unbranched alkanes of at least 4 members (excludes halogenated alkanes) is 3. The Morgan fingerprint density at radius 3 is 2.82 bits per heavy atom. The van der Waals surface area contributed by atoms with Crippen LogP contribution in [-0.4, -0.2) is 12.5 Å². The number of amides is 1. The van der Waals surface area contributed by atoms with Crippen molar-refractivity contribution < 1.29 is 4.79 Å². The standard InChI is InChI=1S/C13H17ClINO/c1-2-3-4-5-8-16-13(17)11-9-10(14)6-7-12(11)15/h6-7,9H,2-5,8H2,1H3,(H,16,17). The molecule has 1 aromatic carbocycles. The van der Waals surface area contributed by atoms with Crippen LogP contribution in [0.3, 0.4) is 0 Å². The third-order valence-corrected chi connectivity index (χ3v) is 3.66. The van der Waals surface area contributed by atoms with Gasteiger partial charge in [-0.05, 0) is 47.2 Å². The summed E-state index contributed by atoms with van der Waals surface area (Å²) in [5, 5.41) is 3.52. The van der Waals surface area contributed by atoms with Crippen molar-refractivity contribution in [1.82, 2.24) is 5.32 Å². The molecule has 0 atom stereocenters. The molecule has 0 saturated heterocycles.